The van der Waals surface area contributed by atoms with Crippen LogP contribution in [-0.2, 0) is 17.8 Å². The number of hydrogen-bond donors (Lipinski definition) is 2. The maximum atomic E-state index is 12.4. The molecule has 30 heavy (non-hydrogen) atoms. The maximum Gasteiger partial charge on any atom is 0.326 e. The fraction of sp³-hybridized carbons (Fsp3) is 0.167. The van der Waals surface area contributed by atoms with Gasteiger partial charge in [-0.1, -0.05) is 54.6 Å². The van der Waals surface area contributed by atoms with E-state index >= 15 is 0 Å². The van der Waals surface area contributed by atoms with Gasteiger partial charge in [-0.15, -0.1) is 0 Å². The van der Waals surface area contributed by atoms with E-state index < -0.39 is 17.9 Å². The van der Waals surface area contributed by atoms with Gasteiger partial charge >= 0.3 is 5.97 Å². The third-order valence-corrected chi connectivity index (χ3v) is 4.40. The molecule has 6 nitrogen and oxygen atoms in total. The number of methoxy groups -OCH3 is 1. The highest BCUT2D eigenvalue weighted by Crippen LogP contribution is 2.29. The van der Waals surface area contributed by atoms with Crippen LogP contribution in [0.3, 0.4) is 0 Å². The van der Waals surface area contributed by atoms with Crippen LogP contribution in [0.25, 0.3) is 0 Å². The van der Waals surface area contributed by atoms with Crippen LogP contribution in [0.15, 0.2) is 78.9 Å². The molecular weight excluding hydrogens is 382 g/mol. The average molecular weight is 407 g/mol. The highest BCUT2D eigenvalue weighted by Gasteiger charge is 2.22. The maximum absolute atomic E-state index is 12.4. The van der Waals surface area contributed by atoms with E-state index in [1.165, 1.54) is 7.11 Å². The summed E-state index contributed by atoms with van der Waals surface area (Å²) in [6.07, 6.45) is -0.254. The van der Waals surface area contributed by atoms with Gasteiger partial charge in [0.2, 0.25) is 0 Å². The van der Waals surface area contributed by atoms with Gasteiger partial charge in [0.1, 0.15) is 12.6 Å². The minimum absolute atomic E-state index is 0.254. The third-order valence-electron chi connectivity index (χ3n) is 4.40. The van der Waals surface area contributed by atoms with E-state index in [9.17, 15) is 14.7 Å². The van der Waals surface area contributed by atoms with E-state index in [4.69, 9.17) is 10.8 Å². The summed E-state index contributed by atoms with van der Waals surface area (Å²) in [5.41, 5.74) is 1.78. The summed E-state index contributed by atoms with van der Waals surface area (Å²) in [7, 11) is 1.48. The van der Waals surface area contributed by atoms with Crippen molar-refractivity contribution in [2.24, 2.45) is 0 Å². The Morgan fingerprint density at radius 3 is 2.27 bits per heavy atom. The molecule has 1 atom stereocenters. The van der Waals surface area contributed by atoms with Crippen molar-refractivity contribution in [3.63, 3.8) is 0 Å². The van der Waals surface area contributed by atoms with Crippen molar-refractivity contribution in [1.82, 2.24) is 5.32 Å². The number of hydrogen-bond acceptors (Lipinski definition) is 4. The summed E-state index contributed by atoms with van der Waals surface area (Å²) in [6, 6.07) is 20.5. The second kappa shape index (κ2) is 10.1. The molecule has 0 bridgehead atoms. The lowest BCUT2D eigenvalue weighted by molar-refractivity contribution is -0.139. The number of ether oxygens (including phenoxy) is 2. The second-order valence-corrected chi connectivity index (χ2v) is 6.54. The van der Waals surface area contributed by atoms with Crippen molar-refractivity contribution in [3.8, 4) is 11.5 Å². The quantitative estimate of drug-likeness (QED) is 0.565. The molecular formula is C24H23NO5. The summed E-state index contributed by atoms with van der Waals surface area (Å²) in [5, 5.41) is 11.9. The first-order valence-electron chi connectivity index (χ1n) is 9.86. The lowest BCUT2D eigenvalue weighted by atomic mass is 10.0. The zero-order valence-corrected chi connectivity index (χ0v) is 16.5. The summed E-state index contributed by atoms with van der Waals surface area (Å²) in [5.74, 6) is -1.18. The van der Waals surface area contributed by atoms with Gasteiger partial charge in [-0.3, -0.25) is 4.79 Å². The SMILES string of the molecule is [3H]C(Cc1ccc(OCc2ccccc2)c(OC)c1)(NC(=O)c1ccccc1)C(=O)O. The van der Waals surface area contributed by atoms with Crippen LogP contribution in [0.2, 0.25) is 0 Å². The molecule has 1 unspecified atom stereocenters. The molecule has 0 saturated carbocycles. The van der Waals surface area contributed by atoms with Crippen LogP contribution in [0.1, 0.15) is 22.9 Å². The predicted octanol–water partition coefficient (Wildman–Crippen LogP) is 3.70. The Morgan fingerprint density at radius 1 is 0.967 bits per heavy atom. The molecule has 0 aliphatic heterocycles. The predicted molar refractivity (Wildman–Crippen MR) is 113 cm³/mol. The first-order valence-corrected chi connectivity index (χ1v) is 9.36. The fourth-order valence-electron chi connectivity index (χ4n) is 2.85. The summed E-state index contributed by atoms with van der Waals surface area (Å²) >= 11 is 0. The van der Waals surface area contributed by atoms with Crippen molar-refractivity contribution in [3.05, 3.63) is 95.6 Å². The van der Waals surface area contributed by atoms with Gasteiger partial charge in [-0.2, -0.15) is 0 Å². The number of aliphatic carboxylic acids is 1. The first-order chi connectivity index (χ1) is 14.9. The molecule has 0 aromatic heterocycles. The van der Waals surface area contributed by atoms with Crippen molar-refractivity contribution in [2.75, 3.05) is 7.11 Å². The van der Waals surface area contributed by atoms with E-state index in [-0.39, 0.29) is 12.0 Å². The highest BCUT2D eigenvalue weighted by atomic mass is 16.5. The van der Waals surface area contributed by atoms with Gasteiger partial charge in [0.15, 0.2) is 11.5 Å². The van der Waals surface area contributed by atoms with Crippen molar-refractivity contribution in [1.29, 1.82) is 0 Å². The zero-order valence-electron chi connectivity index (χ0n) is 17.5. The molecule has 0 heterocycles. The van der Waals surface area contributed by atoms with Gasteiger partial charge in [0.05, 0.1) is 8.48 Å². The summed E-state index contributed by atoms with van der Waals surface area (Å²) in [4.78, 5) is 24.2. The Morgan fingerprint density at radius 2 is 1.63 bits per heavy atom. The molecule has 3 aromatic carbocycles. The lowest BCUT2D eigenvalue weighted by Gasteiger charge is -2.16. The Balaban J connectivity index is 1.75. The smallest absolute Gasteiger partial charge is 0.326 e. The molecule has 1 amide bonds. The van der Waals surface area contributed by atoms with Gasteiger partial charge in [-0.05, 0) is 35.4 Å². The van der Waals surface area contributed by atoms with Crippen LogP contribution >= 0.6 is 0 Å². The molecule has 0 spiro atoms. The van der Waals surface area contributed by atoms with E-state index in [0.29, 0.717) is 23.7 Å². The van der Waals surface area contributed by atoms with E-state index in [1.54, 1.807) is 48.5 Å². The molecule has 0 aliphatic rings. The lowest BCUT2D eigenvalue weighted by Crippen LogP contribution is -2.42. The fourth-order valence-corrected chi connectivity index (χ4v) is 2.85. The number of carboxylic acids is 1. The average Bonchev–Trinajstić information content (AvgIpc) is 2.79. The first kappa shape index (κ1) is 19.5. The van der Waals surface area contributed by atoms with Crippen molar-refractivity contribution in [2.45, 2.75) is 19.0 Å². The molecule has 0 aliphatic carbocycles. The van der Waals surface area contributed by atoms with Crippen molar-refractivity contribution < 1.29 is 25.5 Å². The van der Waals surface area contributed by atoms with E-state index in [0.717, 1.165) is 5.56 Å². The monoisotopic (exact) mass is 407 g/mol. The van der Waals surface area contributed by atoms with Crippen molar-refractivity contribution >= 4 is 11.9 Å². The van der Waals surface area contributed by atoms with Crippen LogP contribution < -0.4 is 14.8 Å². The number of benzene rings is 3. The van der Waals surface area contributed by atoms with E-state index in [2.05, 4.69) is 5.32 Å². The van der Waals surface area contributed by atoms with Gasteiger partial charge < -0.3 is 19.9 Å². The molecule has 3 aromatic rings. The van der Waals surface area contributed by atoms with Gasteiger partial charge in [0, 0.05) is 12.0 Å². The Hall–Kier alpha value is -3.80. The zero-order chi connectivity index (χ0) is 22.3. The third kappa shape index (κ3) is 5.61. The summed E-state index contributed by atoms with van der Waals surface area (Å²) < 4.78 is 19.6. The Labute approximate surface area is 176 Å². The minimum Gasteiger partial charge on any atom is -0.493 e. The normalized spacial score (nSPS) is 12.9. The van der Waals surface area contributed by atoms with E-state index in [1.807, 2.05) is 30.3 Å². The number of carbonyl (C=O) groups is 2. The van der Waals surface area contributed by atoms with Crippen LogP contribution in [0, 0.1) is 0 Å². The molecule has 154 valence electrons. The molecule has 3 rings (SSSR count). The standard InChI is InChI=1S/C24H23NO5/c1-29-22-15-18(12-13-21(22)30-16-17-8-4-2-5-9-17)14-20(24(27)28)25-23(26)19-10-6-3-7-11-19/h2-13,15,20H,14,16H2,1H3,(H,25,26)(H,27,28)/i20T. The largest absolute Gasteiger partial charge is 0.493 e. The number of carboxylic acid groups (broad SMARTS) is 1. The van der Waals surface area contributed by atoms with Crippen LogP contribution in [-0.4, -0.2) is 30.1 Å². The number of rotatable bonds is 9. The Bertz CT molecular complexity index is 1040. The topological polar surface area (TPSA) is 84.9 Å². The molecule has 0 saturated heterocycles. The van der Waals surface area contributed by atoms with Gasteiger partial charge in [-0.25, -0.2) is 4.79 Å². The van der Waals surface area contributed by atoms with Crippen LogP contribution in [0.5, 0.6) is 11.5 Å². The molecule has 6 heteroatoms. The number of nitrogens with one attached hydrogen (secondary N) is 1. The second-order valence-electron chi connectivity index (χ2n) is 6.54. The summed E-state index contributed by atoms with van der Waals surface area (Å²) in [6.45, 7) is 0.348. The van der Waals surface area contributed by atoms with Gasteiger partial charge in [0.25, 0.3) is 5.91 Å². The highest BCUT2D eigenvalue weighted by molar-refractivity contribution is 5.96. The molecule has 2 N–H and O–H groups in total. The number of carbonyl (C=O) groups excluding carboxylic acids is 1. The number of amides is 1. The molecule has 0 radical (unpaired) electrons. The Kier molecular flexibility index (Phi) is 6.58. The van der Waals surface area contributed by atoms with Crippen LogP contribution in [0.4, 0.5) is 0 Å². The molecule has 0 fully saturated rings. The minimum atomic E-state index is -2.25.